The van der Waals surface area contributed by atoms with Gasteiger partial charge in [-0.05, 0) is 44.8 Å². The van der Waals surface area contributed by atoms with Crippen LogP contribution in [0.4, 0.5) is 0 Å². The fraction of sp³-hybridized carbons (Fsp3) is 0.650. The molecule has 0 saturated carbocycles. The van der Waals surface area contributed by atoms with Crippen molar-refractivity contribution >= 4 is 5.91 Å². The number of hydrogen-bond donors (Lipinski definition) is 0. The second kappa shape index (κ2) is 8.63. The van der Waals surface area contributed by atoms with Crippen LogP contribution in [0.5, 0.6) is 0 Å². The standard InChI is InChI=1S/C20H30N2O2/c1-2-24-16-17-10-13-22(14-17)20(23)19(15-21-11-6-7-12-21)18-8-4-3-5-9-18/h3-5,8-9,17,19H,2,6-7,10-16H2,1H3/t17-,19-/m0/s1. The zero-order valence-corrected chi connectivity index (χ0v) is 14.8. The summed E-state index contributed by atoms with van der Waals surface area (Å²) in [6.45, 7) is 8.40. The van der Waals surface area contributed by atoms with Gasteiger partial charge in [-0.15, -0.1) is 0 Å². The Labute approximate surface area is 145 Å². The van der Waals surface area contributed by atoms with E-state index in [-0.39, 0.29) is 5.92 Å². The van der Waals surface area contributed by atoms with Gasteiger partial charge in [0.1, 0.15) is 0 Å². The van der Waals surface area contributed by atoms with E-state index in [1.807, 2.05) is 25.1 Å². The van der Waals surface area contributed by atoms with Crippen LogP contribution in [0.15, 0.2) is 30.3 Å². The van der Waals surface area contributed by atoms with Crippen molar-refractivity contribution in [3.8, 4) is 0 Å². The van der Waals surface area contributed by atoms with E-state index < -0.39 is 0 Å². The molecule has 0 spiro atoms. The number of nitrogens with zero attached hydrogens (tertiary/aromatic N) is 2. The quantitative estimate of drug-likeness (QED) is 0.771. The number of likely N-dealkylation sites (tertiary alicyclic amines) is 2. The number of hydrogen-bond acceptors (Lipinski definition) is 3. The van der Waals surface area contributed by atoms with Crippen LogP contribution in [0.25, 0.3) is 0 Å². The summed E-state index contributed by atoms with van der Waals surface area (Å²) in [6, 6.07) is 10.3. The summed E-state index contributed by atoms with van der Waals surface area (Å²) >= 11 is 0. The molecule has 2 atom stereocenters. The molecule has 2 heterocycles. The maximum atomic E-state index is 13.2. The van der Waals surface area contributed by atoms with Gasteiger partial charge >= 0.3 is 0 Å². The van der Waals surface area contributed by atoms with Gasteiger partial charge < -0.3 is 14.5 Å². The van der Waals surface area contributed by atoms with Crippen LogP contribution in [0.2, 0.25) is 0 Å². The first-order valence-corrected chi connectivity index (χ1v) is 9.41. The predicted octanol–water partition coefficient (Wildman–Crippen LogP) is 2.75. The molecule has 2 saturated heterocycles. The summed E-state index contributed by atoms with van der Waals surface area (Å²) in [6.07, 6.45) is 3.59. The van der Waals surface area contributed by atoms with Crippen molar-refractivity contribution in [2.24, 2.45) is 5.92 Å². The van der Waals surface area contributed by atoms with Gasteiger partial charge in [-0.3, -0.25) is 4.79 Å². The van der Waals surface area contributed by atoms with Gasteiger partial charge in [-0.2, -0.15) is 0 Å². The minimum Gasteiger partial charge on any atom is -0.381 e. The SMILES string of the molecule is CCOC[C@H]1CCN(C(=O)[C@@H](CN2CCCC2)c2ccccc2)C1. The summed E-state index contributed by atoms with van der Waals surface area (Å²) in [4.78, 5) is 17.7. The number of carbonyl (C=O) groups excluding carboxylic acids is 1. The molecule has 0 bridgehead atoms. The van der Waals surface area contributed by atoms with Gasteiger partial charge in [0.05, 0.1) is 12.5 Å². The molecule has 3 rings (SSSR count). The Morgan fingerprint density at radius 3 is 2.67 bits per heavy atom. The number of ether oxygens (including phenoxy) is 1. The molecule has 4 nitrogen and oxygen atoms in total. The summed E-state index contributed by atoms with van der Waals surface area (Å²) in [7, 11) is 0. The van der Waals surface area contributed by atoms with Crippen LogP contribution in [-0.2, 0) is 9.53 Å². The highest BCUT2D eigenvalue weighted by Crippen LogP contribution is 2.26. The largest absolute Gasteiger partial charge is 0.381 e. The lowest BCUT2D eigenvalue weighted by atomic mass is 9.97. The first-order valence-electron chi connectivity index (χ1n) is 9.41. The third-order valence-corrected chi connectivity index (χ3v) is 5.29. The Balaban J connectivity index is 1.67. The molecule has 1 aromatic rings. The second-order valence-electron chi connectivity index (χ2n) is 7.07. The van der Waals surface area contributed by atoms with Gasteiger partial charge in [-0.1, -0.05) is 30.3 Å². The maximum absolute atomic E-state index is 13.2. The average molecular weight is 330 g/mol. The molecule has 0 aliphatic carbocycles. The molecule has 4 heteroatoms. The summed E-state index contributed by atoms with van der Waals surface area (Å²) in [5.41, 5.74) is 1.16. The van der Waals surface area contributed by atoms with Gasteiger partial charge in [0.2, 0.25) is 5.91 Å². The third-order valence-electron chi connectivity index (χ3n) is 5.29. The van der Waals surface area contributed by atoms with Gasteiger partial charge in [-0.25, -0.2) is 0 Å². The zero-order chi connectivity index (χ0) is 16.8. The van der Waals surface area contributed by atoms with Crippen molar-refractivity contribution in [3.05, 3.63) is 35.9 Å². The minimum absolute atomic E-state index is 0.0323. The Bertz CT molecular complexity index is 514. The van der Waals surface area contributed by atoms with Gasteiger partial charge in [0.25, 0.3) is 0 Å². The van der Waals surface area contributed by atoms with Crippen molar-refractivity contribution in [1.82, 2.24) is 9.80 Å². The molecule has 1 amide bonds. The molecule has 0 aromatic heterocycles. The highest BCUT2D eigenvalue weighted by Gasteiger charge is 2.33. The lowest BCUT2D eigenvalue weighted by Crippen LogP contribution is -2.39. The van der Waals surface area contributed by atoms with Crippen molar-refractivity contribution in [1.29, 1.82) is 0 Å². The maximum Gasteiger partial charge on any atom is 0.231 e. The van der Waals surface area contributed by atoms with Crippen LogP contribution in [0.3, 0.4) is 0 Å². The number of carbonyl (C=O) groups is 1. The zero-order valence-electron chi connectivity index (χ0n) is 14.8. The lowest BCUT2D eigenvalue weighted by molar-refractivity contribution is -0.132. The Morgan fingerprint density at radius 1 is 1.21 bits per heavy atom. The van der Waals surface area contributed by atoms with Gasteiger partial charge in [0.15, 0.2) is 0 Å². The lowest BCUT2D eigenvalue weighted by Gasteiger charge is -2.27. The summed E-state index contributed by atoms with van der Waals surface area (Å²) in [5.74, 6) is 0.763. The van der Waals surface area contributed by atoms with E-state index in [0.717, 1.165) is 57.9 Å². The third kappa shape index (κ3) is 4.37. The van der Waals surface area contributed by atoms with Crippen molar-refractivity contribution in [3.63, 3.8) is 0 Å². The highest BCUT2D eigenvalue weighted by atomic mass is 16.5. The van der Waals surface area contributed by atoms with E-state index in [1.54, 1.807) is 0 Å². The molecule has 0 unspecified atom stereocenters. The fourth-order valence-electron chi connectivity index (χ4n) is 3.91. The average Bonchev–Trinajstić information content (AvgIpc) is 3.30. The van der Waals surface area contributed by atoms with E-state index in [2.05, 4.69) is 21.9 Å². The first-order chi connectivity index (χ1) is 11.8. The number of rotatable bonds is 7. The molecular weight excluding hydrogens is 300 g/mol. The second-order valence-corrected chi connectivity index (χ2v) is 7.07. The van der Waals surface area contributed by atoms with Crippen LogP contribution in [-0.4, -0.2) is 61.6 Å². The molecule has 0 N–H and O–H groups in total. The van der Waals surface area contributed by atoms with Crippen LogP contribution in [0.1, 0.15) is 37.7 Å². The van der Waals surface area contributed by atoms with Crippen molar-refractivity contribution in [2.45, 2.75) is 32.1 Å². The highest BCUT2D eigenvalue weighted by molar-refractivity contribution is 5.84. The Kier molecular flexibility index (Phi) is 6.27. The molecule has 2 aliphatic heterocycles. The molecule has 24 heavy (non-hydrogen) atoms. The normalized spacial score (nSPS) is 22.9. The van der Waals surface area contributed by atoms with Crippen LogP contribution < -0.4 is 0 Å². The molecule has 2 aliphatic rings. The molecule has 2 fully saturated rings. The number of amides is 1. The van der Waals surface area contributed by atoms with E-state index >= 15 is 0 Å². The predicted molar refractivity (Wildman–Crippen MR) is 96.0 cm³/mol. The molecule has 132 valence electrons. The smallest absolute Gasteiger partial charge is 0.231 e. The minimum atomic E-state index is -0.0323. The summed E-state index contributed by atoms with van der Waals surface area (Å²) < 4.78 is 5.55. The van der Waals surface area contributed by atoms with E-state index in [4.69, 9.17) is 4.74 Å². The van der Waals surface area contributed by atoms with Crippen molar-refractivity contribution in [2.75, 3.05) is 45.9 Å². The fourth-order valence-corrected chi connectivity index (χ4v) is 3.91. The Hall–Kier alpha value is -1.39. The van der Waals surface area contributed by atoms with Crippen LogP contribution in [0, 0.1) is 5.92 Å². The number of benzene rings is 1. The topological polar surface area (TPSA) is 32.8 Å². The molecular formula is C20H30N2O2. The molecule has 0 radical (unpaired) electrons. The van der Waals surface area contributed by atoms with E-state index in [9.17, 15) is 4.79 Å². The van der Waals surface area contributed by atoms with Crippen molar-refractivity contribution < 1.29 is 9.53 Å². The van der Waals surface area contributed by atoms with Gasteiger partial charge in [0, 0.05) is 32.2 Å². The summed E-state index contributed by atoms with van der Waals surface area (Å²) in [5, 5.41) is 0. The first kappa shape index (κ1) is 17.4. The van der Waals surface area contributed by atoms with E-state index in [0.29, 0.717) is 11.8 Å². The van der Waals surface area contributed by atoms with E-state index in [1.165, 1.54) is 12.8 Å². The monoisotopic (exact) mass is 330 g/mol. The van der Waals surface area contributed by atoms with Crippen LogP contribution >= 0.6 is 0 Å². The molecule has 1 aromatic carbocycles. The Morgan fingerprint density at radius 2 is 1.96 bits per heavy atom.